The Bertz CT molecular complexity index is 910. The van der Waals surface area contributed by atoms with Gasteiger partial charge in [0.25, 0.3) is 0 Å². The van der Waals surface area contributed by atoms with Gasteiger partial charge >= 0.3 is 6.61 Å². The van der Waals surface area contributed by atoms with Crippen molar-refractivity contribution in [2.24, 2.45) is 0 Å². The zero-order valence-corrected chi connectivity index (χ0v) is 16.8. The summed E-state index contributed by atoms with van der Waals surface area (Å²) in [6, 6.07) is 9.84. The van der Waals surface area contributed by atoms with Crippen LogP contribution in [0.4, 0.5) is 14.5 Å². The first-order valence-corrected chi connectivity index (χ1v) is 11.0. The molecule has 0 amide bonds. The minimum atomic E-state index is -2.85. The second kappa shape index (κ2) is 7.39. The number of benzene rings is 2. The lowest BCUT2D eigenvalue weighted by molar-refractivity contribution is -0.0498. The molecule has 1 saturated heterocycles. The van der Waals surface area contributed by atoms with Crippen molar-refractivity contribution < 1.29 is 13.5 Å². The zero-order chi connectivity index (χ0) is 19.3. The number of nitrogens with one attached hydrogen (secondary N) is 1. The number of piperidine rings is 1. The predicted molar refractivity (Wildman–Crippen MR) is 110 cm³/mol. The molecule has 0 saturated carbocycles. The minimum absolute atomic E-state index is 0.0835. The number of fused-ring (bicyclic) bond motifs is 3. The molecule has 5 rings (SSSR count). The Morgan fingerprint density at radius 1 is 1.25 bits per heavy atom. The summed E-state index contributed by atoms with van der Waals surface area (Å²) in [5, 5.41) is 3.97. The first kappa shape index (κ1) is 18.5. The molecule has 0 aliphatic carbocycles. The molecule has 2 aromatic carbocycles. The highest BCUT2D eigenvalue weighted by Crippen LogP contribution is 2.51. The van der Waals surface area contributed by atoms with Crippen molar-refractivity contribution >= 4 is 29.1 Å². The van der Waals surface area contributed by atoms with Gasteiger partial charge in [-0.3, -0.25) is 0 Å². The number of hydrogen-bond acceptors (Lipinski definition) is 4. The van der Waals surface area contributed by atoms with Crippen LogP contribution in [0.3, 0.4) is 0 Å². The van der Waals surface area contributed by atoms with Crippen LogP contribution in [0.2, 0.25) is 5.02 Å². The van der Waals surface area contributed by atoms with E-state index < -0.39 is 6.61 Å². The average Bonchev–Trinajstić information content (AvgIpc) is 2.83. The van der Waals surface area contributed by atoms with E-state index in [1.54, 1.807) is 12.1 Å². The molecule has 3 heterocycles. The van der Waals surface area contributed by atoms with E-state index in [0.29, 0.717) is 17.0 Å². The molecule has 28 heavy (non-hydrogen) atoms. The SMILES string of the molecule is FC(F)Oc1ccc(-c2cc3c4c(c2)[C@@H]2CNCC[C@@H]2N4CCCS3)c(Cl)c1. The van der Waals surface area contributed by atoms with Gasteiger partial charge in [0, 0.05) is 35.5 Å². The molecule has 1 fully saturated rings. The van der Waals surface area contributed by atoms with Gasteiger partial charge < -0.3 is 15.0 Å². The summed E-state index contributed by atoms with van der Waals surface area (Å²) in [5.74, 6) is 1.68. The standard InChI is InChI=1S/C21H21ClF2N2OS/c22-17-10-13(27-21(23)24)2-3-14(17)12-8-15-16-11-25-5-4-18(16)26-6-1-7-28-19(9-12)20(15)26/h2-3,8-10,16,18,21,25H,1,4-7,11H2/t16-,18-/m0/s1. The number of hydrogen-bond donors (Lipinski definition) is 1. The van der Waals surface area contributed by atoms with Crippen molar-refractivity contribution in [1.29, 1.82) is 0 Å². The molecule has 3 aliphatic heterocycles. The van der Waals surface area contributed by atoms with Gasteiger partial charge in [-0.15, -0.1) is 11.8 Å². The summed E-state index contributed by atoms with van der Waals surface area (Å²) in [5.41, 5.74) is 4.69. The first-order chi connectivity index (χ1) is 13.6. The van der Waals surface area contributed by atoms with E-state index in [4.69, 9.17) is 11.6 Å². The second-order valence-electron chi connectivity index (χ2n) is 7.49. The number of anilines is 1. The van der Waals surface area contributed by atoms with Crippen LogP contribution < -0.4 is 15.0 Å². The molecule has 2 atom stereocenters. The van der Waals surface area contributed by atoms with Crippen molar-refractivity contribution in [2.75, 3.05) is 30.3 Å². The smallest absolute Gasteiger partial charge is 0.387 e. The molecular formula is C21H21ClF2N2OS. The predicted octanol–water partition coefficient (Wildman–Crippen LogP) is 5.37. The highest BCUT2D eigenvalue weighted by molar-refractivity contribution is 7.99. The summed E-state index contributed by atoms with van der Waals surface area (Å²) >= 11 is 8.36. The fourth-order valence-corrected chi connectivity index (χ4v) is 6.14. The van der Waals surface area contributed by atoms with Crippen LogP contribution >= 0.6 is 23.4 Å². The van der Waals surface area contributed by atoms with Crippen LogP contribution in [0.1, 0.15) is 24.3 Å². The average molecular weight is 423 g/mol. The normalized spacial score (nSPS) is 23.4. The number of alkyl halides is 2. The Hall–Kier alpha value is -1.50. The van der Waals surface area contributed by atoms with Gasteiger partial charge in [0.1, 0.15) is 5.75 Å². The molecule has 0 spiro atoms. The third-order valence-electron chi connectivity index (χ3n) is 5.91. The minimum Gasteiger partial charge on any atom is -0.435 e. The Labute approximate surface area is 172 Å². The number of thioether (sulfide) groups is 1. The van der Waals surface area contributed by atoms with Crippen molar-refractivity contribution in [1.82, 2.24) is 5.32 Å². The van der Waals surface area contributed by atoms with E-state index >= 15 is 0 Å². The molecular weight excluding hydrogens is 402 g/mol. The maximum Gasteiger partial charge on any atom is 0.387 e. The van der Waals surface area contributed by atoms with Crippen LogP contribution in [0.5, 0.6) is 5.75 Å². The van der Waals surface area contributed by atoms with Crippen LogP contribution in [0.25, 0.3) is 11.1 Å². The van der Waals surface area contributed by atoms with Crippen LogP contribution in [-0.2, 0) is 0 Å². The Kier molecular flexibility index (Phi) is 4.89. The lowest BCUT2D eigenvalue weighted by Crippen LogP contribution is -2.44. The van der Waals surface area contributed by atoms with Crippen molar-refractivity contribution in [3.05, 3.63) is 40.9 Å². The van der Waals surface area contributed by atoms with Gasteiger partial charge in [0.2, 0.25) is 0 Å². The summed E-state index contributed by atoms with van der Waals surface area (Å²) in [4.78, 5) is 3.93. The molecule has 3 aliphatic rings. The summed E-state index contributed by atoms with van der Waals surface area (Å²) in [6.45, 7) is 0.330. The molecule has 0 unspecified atom stereocenters. The van der Waals surface area contributed by atoms with Crippen LogP contribution in [0, 0.1) is 0 Å². The topological polar surface area (TPSA) is 24.5 Å². The van der Waals surface area contributed by atoms with Crippen LogP contribution in [-0.4, -0.2) is 38.0 Å². The number of nitrogens with zero attached hydrogens (tertiary/aromatic N) is 1. The number of rotatable bonds is 3. The van der Waals surface area contributed by atoms with E-state index in [1.165, 1.54) is 35.1 Å². The van der Waals surface area contributed by atoms with Gasteiger partial charge in [0.05, 0.1) is 10.7 Å². The van der Waals surface area contributed by atoms with Crippen molar-refractivity contribution in [3.63, 3.8) is 0 Å². The van der Waals surface area contributed by atoms with Crippen LogP contribution in [0.15, 0.2) is 35.2 Å². The Balaban J connectivity index is 1.59. The van der Waals surface area contributed by atoms with Gasteiger partial charge in [0.15, 0.2) is 0 Å². The van der Waals surface area contributed by atoms with Gasteiger partial charge in [-0.05, 0) is 66.6 Å². The summed E-state index contributed by atoms with van der Waals surface area (Å²) < 4.78 is 29.4. The van der Waals surface area contributed by atoms with Crippen molar-refractivity contribution in [3.8, 4) is 16.9 Å². The molecule has 1 N–H and O–H groups in total. The number of halogens is 3. The molecule has 0 bridgehead atoms. The maximum absolute atomic E-state index is 12.5. The third-order valence-corrected chi connectivity index (χ3v) is 7.34. The third kappa shape index (κ3) is 3.15. The number of ether oxygens (including phenoxy) is 1. The largest absolute Gasteiger partial charge is 0.435 e. The highest BCUT2D eigenvalue weighted by atomic mass is 35.5. The lowest BCUT2D eigenvalue weighted by Gasteiger charge is -2.33. The van der Waals surface area contributed by atoms with Gasteiger partial charge in [-0.25, -0.2) is 0 Å². The Morgan fingerprint density at radius 3 is 2.96 bits per heavy atom. The van der Waals surface area contributed by atoms with E-state index in [1.807, 2.05) is 11.8 Å². The molecule has 0 radical (unpaired) electrons. The molecule has 148 valence electrons. The van der Waals surface area contributed by atoms with Crippen molar-refractivity contribution in [2.45, 2.75) is 36.3 Å². The van der Waals surface area contributed by atoms with Gasteiger partial charge in [-0.1, -0.05) is 11.6 Å². The first-order valence-electron chi connectivity index (χ1n) is 9.64. The molecule has 7 heteroatoms. The Morgan fingerprint density at radius 2 is 2.14 bits per heavy atom. The highest BCUT2D eigenvalue weighted by Gasteiger charge is 2.41. The summed E-state index contributed by atoms with van der Waals surface area (Å²) in [6.07, 6.45) is 2.35. The van der Waals surface area contributed by atoms with Gasteiger partial charge in [-0.2, -0.15) is 8.78 Å². The molecule has 3 nitrogen and oxygen atoms in total. The lowest BCUT2D eigenvalue weighted by atomic mass is 9.88. The van der Waals surface area contributed by atoms with E-state index in [0.717, 1.165) is 36.5 Å². The van der Waals surface area contributed by atoms with E-state index in [-0.39, 0.29) is 5.75 Å². The van der Waals surface area contributed by atoms with E-state index in [2.05, 4.69) is 27.1 Å². The molecule has 2 aromatic rings. The monoisotopic (exact) mass is 422 g/mol. The fraction of sp³-hybridized carbons (Fsp3) is 0.429. The fourth-order valence-electron chi connectivity index (χ4n) is 4.79. The zero-order valence-electron chi connectivity index (χ0n) is 15.3. The van der Waals surface area contributed by atoms with E-state index in [9.17, 15) is 8.78 Å². The maximum atomic E-state index is 12.5. The quantitative estimate of drug-likeness (QED) is 0.718. The summed E-state index contributed by atoms with van der Waals surface area (Å²) in [7, 11) is 0. The second-order valence-corrected chi connectivity index (χ2v) is 9.04. The molecule has 0 aromatic heterocycles.